The standard InChI is InChI=1S/C23H19ClN2O5/c1-29-21-12-16(10-11-20(21)31-23(28)17-6-3-2-4-7-17)14-25-26-22(27)15-30-19-9-5-8-18(24)13-19/h2-14H,15H2,1H3,(H,26,27). The van der Waals surface area contributed by atoms with Crippen LogP contribution in [-0.4, -0.2) is 31.8 Å². The first-order chi connectivity index (χ1) is 15.0. The molecule has 0 aliphatic heterocycles. The van der Waals surface area contributed by atoms with Gasteiger partial charge in [-0.15, -0.1) is 0 Å². The zero-order valence-corrected chi connectivity index (χ0v) is 17.3. The molecule has 0 radical (unpaired) electrons. The van der Waals surface area contributed by atoms with Crippen LogP contribution in [0, 0.1) is 0 Å². The third kappa shape index (κ3) is 6.58. The van der Waals surface area contributed by atoms with Gasteiger partial charge in [0.15, 0.2) is 18.1 Å². The average molecular weight is 439 g/mol. The van der Waals surface area contributed by atoms with Gasteiger partial charge >= 0.3 is 5.97 Å². The maximum absolute atomic E-state index is 12.2. The molecular weight excluding hydrogens is 420 g/mol. The number of nitrogens with zero attached hydrogens (tertiary/aromatic N) is 1. The van der Waals surface area contributed by atoms with E-state index in [9.17, 15) is 9.59 Å². The molecule has 0 fully saturated rings. The lowest BCUT2D eigenvalue weighted by Crippen LogP contribution is -2.24. The van der Waals surface area contributed by atoms with Gasteiger partial charge in [0.2, 0.25) is 0 Å². The molecule has 1 N–H and O–H groups in total. The third-order valence-corrected chi connectivity index (χ3v) is 4.20. The molecule has 0 atom stereocenters. The van der Waals surface area contributed by atoms with Gasteiger partial charge in [-0.2, -0.15) is 5.10 Å². The SMILES string of the molecule is COc1cc(C=NNC(=O)COc2cccc(Cl)c2)ccc1OC(=O)c1ccccc1. The van der Waals surface area contributed by atoms with Gasteiger partial charge in [-0.05, 0) is 54.1 Å². The summed E-state index contributed by atoms with van der Waals surface area (Å²) in [5, 5.41) is 4.41. The van der Waals surface area contributed by atoms with Crippen LogP contribution in [0.4, 0.5) is 0 Å². The highest BCUT2D eigenvalue weighted by Crippen LogP contribution is 2.28. The van der Waals surface area contributed by atoms with Crippen LogP contribution in [0.1, 0.15) is 15.9 Å². The summed E-state index contributed by atoms with van der Waals surface area (Å²) in [6, 6.07) is 20.3. The second-order valence-corrected chi connectivity index (χ2v) is 6.64. The maximum atomic E-state index is 12.2. The summed E-state index contributed by atoms with van der Waals surface area (Å²) in [4.78, 5) is 24.1. The lowest BCUT2D eigenvalue weighted by Gasteiger charge is -2.10. The first kappa shape index (κ1) is 21.9. The molecular formula is C23H19ClN2O5. The Hall–Kier alpha value is -3.84. The molecule has 3 rings (SSSR count). The lowest BCUT2D eigenvalue weighted by atomic mass is 10.2. The van der Waals surface area contributed by atoms with E-state index < -0.39 is 11.9 Å². The van der Waals surface area contributed by atoms with Gasteiger partial charge in [0.05, 0.1) is 18.9 Å². The minimum absolute atomic E-state index is 0.213. The number of esters is 1. The molecule has 0 aliphatic rings. The fourth-order valence-corrected chi connectivity index (χ4v) is 2.68. The number of carbonyl (C=O) groups is 2. The summed E-state index contributed by atoms with van der Waals surface area (Å²) in [6.45, 7) is -0.213. The molecule has 8 heteroatoms. The molecule has 0 unspecified atom stereocenters. The monoisotopic (exact) mass is 438 g/mol. The number of hydrogen-bond donors (Lipinski definition) is 1. The summed E-state index contributed by atoms with van der Waals surface area (Å²) in [6.07, 6.45) is 1.43. The van der Waals surface area contributed by atoms with E-state index in [0.29, 0.717) is 27.6 Å². The maximum Gasteiger partial charge on any atom is 0.343 e. The molecule has 3 aromatic rings. The third-order valence-electron chi connectivity index (χ3n) is 3.97. The minimum atomic E-state index is -0.493. The number of carbonyl (C=O) groups excluding carboxylic acids is 2. The highest BCUT2D eigenvalue weighted by molar-refractivity contribution is 6.30. The number of methoxy groups -OCH3 is 1. The van der Waals surface area contributed by atoms with Crippen LogP contribution in [0.5, 0.6) is 17.2 Å². The zero-order chi connectivity index (χ0) is 22.1. The van der Waals surface area contributed by atoms with Crippen LogP contribution in [-0.2, 0) is 4.79 Å². The minimum Gasteiger partial charge on any atom is -0.493 e. The number of halogens is 1. The van der Waals surface area contributed by atoms with Crippen LogP contribution in [0.2, 0.25) is 5.02 Å². The summed E-state index contributed by atoms with van der Waals surface area (Å²) in [5.74, 6) is 0.178. The first-order valence-electron chi connectivity index (χ1n) is 9.20. The molecule has 0 bridgehead atoms. The van der Waals surface area contributed by atoms with Crippen LogP contribution in [0.3, 0.4) is 0 Å². The van der Waals surface area contributed by atoms with E-state index in [-0.39, 0.29) is 12.4 Å². The van der Waals surface area contributed by atoms with Gasteiger partial charge in [0, 0.05) is 5.02 Å². The van der Waals surface area contributed by atoms with Crippen molar-refractivity contribution >= 4 is 29.7 Å². The number of ether oxygens (including phenoxy) is 3. The topological polar surface area (TPSA) is 86.2 Å². The van der Waals surface area contributed by atoms with Crippen molar-refractivity contribution in [2.75, 3.05) is 13.7 Å². The van der Waals surface area contributed by atoms with E-state index in [0.717, 1.165) is 0 Å². The highest BCUT2D eigenvalue weighted by atomic mass is 35.5. The van der Waals surface area contributed by atoms with Gasteiger partial charge < -0.3 is 14.2 Å². The Morgan fingerprint density at radius 3 is 2.55 bits per heavy atom. The Morgan fingerprint density at radius 1 is 1.00 bits per heavy atom. The summed E-state index contributed by atoms with van der Waals surface area (Å²) >= 11 is 5.86. The first-order valence-corrected chi connectivity index (χ1v) is 9.58. The number of hydrogen-bond acceptors (Lipinski definition) is 6. The number of benzene rings is 3. The van der Waals surface area contributed by atoms with Crippen molar-refractivity contribution < 1.29 is 23.8 Å². The summed E-state index contributed by atoms with van der Waals surface area (Å²) in [7, 11) is 1.46. The van der Waals surface area contributed by atoms with Crippen molar-refractivity contribution in [3.63, 3.8) is 0 Å². The van der Waals surface area contributed by atoms with Gasteiger partial charge in [-0.25, -0.2) is 10.2 Å². The predicted octanol–water partition coefficient (Wildman–Crippen LogP) is 4.10. The largest absolute Gasteiger partial charge is 0.493 e. The van der Waals surface area contributed by atoms with E-state index >= 15 is 0 Å². The average Bonchev–Trinajstić information content (AvgIpc) is 2.79. The van der Waals surface area contributed by atoms with Gasteiger partial charge in [-0.3, -0.25) is 4.79 Å². The number of hydrazone groups is 1. The number of nitrogens with one attached hydrogen (secondary N) is 1. The van der Waals surface area contributed by atoms with Crippen molar-refractivity contribution in [2.24, 2.45) is 5.10 Å². The van der Waals surface area contributed by atoms with E-state index in [1.807, 2.05) is 6.07 Å². The molecule has 158 valence electrons. The quantitative estimate of drug-likeness (QED) is 0.248. The van der Waals surface area contributed by atoms with E-state index in [1.165, 1.54) is 13.3 Å². The Bertz CT molecular complexity index is 1090. The molecule has 0 saturated carbocycles. The molecule has 0 aliphatic carbocycles. The van der Waals surface area contributed by atoms with Crippen molar-refractivity contribution in [1.29, 1.82) is 0 Å². The Kier molecular flexibility index (Phi) is 7.61. The lowest BCUT2D eigenvalue weighted by molar-refractivity contribution is -0.123. The Labute approximate surface area is 184 Å². The molecule has 0 spiro atoms. The number of amides is 1. The van der Waals surface area contributed by atoms with Crippen molar-refractivity contribution in [1.82, 2.24) is 5.43 Å². The van der Waals surface area contributed by atoms with Crippen LogP contribution in [0.25, 0.3) is 0 Å². The molecule has 3 aromatic carbocycles. The van der Waals surface area contributed by atoms with Gasteiger partial charge in [0.25, 0.3) is 5.91 Å². The van der Waals surface area contributed by atoms with Crippen molar-refractivity contribution in [2.45, 2.75) is 0 Å². The highest BCUT2D eigenvalue weighted by Gasteiger charge is 2.12. The normalized spacial score (nSPS) is 10.5. The summed E-state index contributed by atoms with van der Waals surface area (Å²) < 4.78 is 16.0. The van der Waals surface area contributed by atoms with Gasteiger partial charge in [0.1, 0.15) is 5.75 Å². The predicted molar refractivity (Wildman–Crippen MR) is 117 cm³/mol. The molecule has 7 nitrogen and oxygen atoms in total. The smallest absolute Gasteiger partial charge is 0.343 e. The van der Waals surface area contributed by atoms with E-state index in [4.69, 9.17) is 25.8 Å². The van der Waals surface area contributed by atoms with Crippen LogP contribution >= 0.6 is 11.6 Å². The summed E-state index contributed by atoms with van der Waals surface area (Å²) in [5.41, 5.74) is 3.43. The van der Waals surface area contributed by atoms with Gasteiger partial charge in [-0.1, -0.05) is 35.9 Å². The fraction of sp³-hybridized carbons (Fsp3) is 0.0870. The zero-order valence-electron chi connectivity index (χ0n) is 16.6. The Balaban J connectivity index is 1.55. The molecule has 0 heterocycles. The molecule has 0 saturated heterocycles. The second-order valence-electron chi connectivity index (χ2n) is 6.21. The van der Waals surface area contributed by atoms with Crippen molar-refractivity contribution in [3.8, 4) is 17.2 Å². The molecule has 1 amide bonds. The van der Waals surface area contributed by atoms with Crippen LogP contribution in [0.15, 0.2) is 77.9 Å². The van der Waals surface area contributed by atoms with E-state index in [1.54, 1.807) is 66.7 Å². The fourth-order valence-electron chi connectivity index (χ4n) is 2.50. The number of rotatable bonds is 8. The molecule has 31 heavy (non-hydrogen) atoms. The second kappa shape index (κ2) is 10.8. The van der Waals surface area contributed by atoms with E-state index in [2.05, 4.69) is 10.5 Å². The Morgan fingerprint density at radius 2 is 1.81 bits per heavy atom. The molecule has 0 aromatic heterocycles. The van der Waals surface area contributed by atoms with Crippen molar-refractivity contribution in [3.05, 3.63) is 88.9 Å². The van der Waals surface area contributed by atoms with Crippen LogP contribution < -0.4 is 19.6 Å².